The second-order valence-electron chi connectivity index (χ2n) is 10.3. The Balaban J connectivity index is 1.24. The monoisotopic (exact) mass is 473 g/mol. The molecule has 1 aliphatic heterocycles. The quantitative estimate of drug-likeness (QED) is 0.423. The fraction of sp³-hybridized carbons (Fsp3) is 0.913. The average Bonchev–Trinajstić information content (AvgIpc) is 2.79. The summed E-state index contributed by atoms with van der Waals surface area (Å²) in [5, 5.41) is 20.0. The predicted molar refractivity (Wildman–Crippen MR) is 119 cm³/mol. The molecule has 2 amide bonds. The van der Waals surface area contributed by atoms with Gasteiger partial charge in [-0.1, -0.05) is 6.42 Å². The minimum atomic E-state index is -1.10. The SMILES string of the molecule is O=C(COC1CCC(Cl)C(F)C1)NC12CCC(C(=O)NCC3CCCCN3)(CC1)C(O)C2. The van der Waals surface area contributed by atoms with Crippen molar-refractivity contribution in [2.45, 2.75) is 106 Å². The van der Waals surface area contributed by atoms with E-state index in [0.717, 1.165) is 13.0 Å². The van der Waals surface area contributed by atoms with E-state index in [1.807, 2.05) is 0 Å². The summed E-state index contributed by atoms with van der Waals surface area (Å²) in [5.74, 6) is -0.307. The molecule has 5 rings (SSSR count). The summed E-state index contributed by atoms with van der Waals surface area (Å²) in [6.45, 7) is 1.46. The summed E-state index contributed by atoms with van der Waals surface area (Å²) in [6, 6.07) is 0.305. The topological polar surface area (TPSA) is 99.7 Å². The van der Waals surface area contributed by atoms with Crippen molar-refractivity contribution in [1.82, 2.24) is 16.0 Å². The standard InChI is InChI=1S/C23H37ClFN3O4/c24-17-5-4-16(11-18(17)25)32-14-20(30)28-22-6-8-23(9-7-22,19(29)12-22)21(31)27-13-15-3-1-2-10-26-15/h15-19,26,29H,1-14H2,(H,27,31)(H,28,30). The van der Waals surface area contributed by atoms with Crippen LogP contribution >= 0.6 is 11.6 Å². The lowest BCUT2D eigenvalue weighted by atomic mass is 9.55. The first-order valence-corrected chi connectivity index (χ1v) is 12.7. The van der Waals surface area contributed by atoms with E-state index in [2.05, 4.69) is 16.0 Å². The number of nitrogens with one attached hydrogen (secondary N) is 3. The molecule has 5 aliphatic rings. The summed E-state index contributed by atoms with van der Waals surface area (Å²) in [7, 11) is 0. The molecule has 2 bridgehead atoms. The van der Waals surface area contributed by atoms with Gasteiger partial charge >= 0.3 is 0 Å². The van der Waals surface area contributed by atoms with Gasteiger partial charge in [0.2, 0.25) is 11.8 Å². The normalized spacial score (nSPS) is 41.8. The summed E-state index contributed by atoms with van der Waals surface area (Å²) >= 11 is 5.91. The van der Waals surface area contributed by atoms with Crippen LogP contribution in [0.4, 0.5) is 4.39 Å². The van der Waals surface area contributed by atoms with Crippen LogP contribution in [-0.2, 0) is 14.3 Å². The number of amides is 2. The number of ether oxygens (including phenoxy) is 1. The fourth-order valence-electron chi connectivity index (χ4n) is 6.04. The Labute approximate surface area is 194 Å². The molecule has 4 saturated carbocycles. The number of halogens is 2. The predicted octanol–water partition coefficient (Wildman–Crippen LogP) is 1.94. The van der Waals surface area contributed by atoms with Crippen LogP contribution in [0, 0.1) is 5.41 Å². The first-order chi connectivity index (χ1) is 15.3. The smallest absolute Gasteiger partial charge is 0.246 e. The molecule has 0 aromatic carbocycles. The zero-order valence-electron chi connectivity index (χ0n) is 18.7. The van der Waals surface area contributed by atoms with E-state index in [1.165, 1.54) is 12.8 Å². The van der Waals surface area contributed by atoms with Crippen molar-refractivity contribution < 1.29 is 23.8 Å². The van der Waals surface area contributed by atoms with Gasteiger partial charge in [-0.05, 0) is 64.3 Å². The number of hydrogen-bond acceptors (Lipinski definition) is 5. The van der Waals surface area contributed by atoms with Crippen LogP contribution < -0.4 is 16.0 Å². The maximum absolute atomic E-state index is 13.8. The number of rotatable bonds is 7. The van der Waals surface area contributed by atoms with Crippen molar-refractivity contribution in [3.05, 3.63) is 0 Å². The highest BCUT2D eigenvalue weighted by atomic mass is 35.5. The maximum atomic E-state index is 13.8. The molecule has 4 N–H and O–H groups in total. The van der Waals surface area contributed by atoms with E-state index in [4.69, 9.17) is 16.3 Å². The van der Waals surface area contributed by atoms with Gasteiger partial charge in [-0.25, -0.2) is 4.39 Å². The fourth-order valence-corrected chi connectivity index (χ4v) is 6.27. The zero-order chi connectivity index (χ0) is 22.8. The molecular formula is C23H37ClFN3O4. The van der Waals surface area contributed by atoms with E-state index >= 15 is 0 Å². The molecule has 0 aromatic rings. The van der Waals surface area contributed by atoms with Crippen molar-refractivity contribution in [1.29, 1.82) is 0 Å². The third kappa shape index (κ3) is 5.24. The summed E-state index contributed by atoms with van der Waals surface area (Å²) in [5.41, 5.74) is -1.25. The van der Waals surface area contributed by atoms with Crippen LogP contribution in [0.15, 0.2) is 0 Å². The molecule has 182 valence electrons. The molecule has 9 heteroatoms. The van der Waals surface area contributed by atoms with Crippen molar-refractivity contribution in [2.24, 2.45) is 5.41 Å². The lowest BCUT2D eigenvalue weighted by Crippen LogP contribution is -2.66. The Morgan fingerprint density at radius 3 is 2.59 bits per heavy atom. The third-order valence-corrected chi connectivity index (χ3v) is 8.69. The average molecular weight is 474 g/mol. The summed E-state index contributed by atoms with van der Waals surface area (Å²) < 4.78 is 19.4. The lowest BCUT2D eigenvalue weighted by molar-refractivity contribution is -0.157. The van der Waals surface area contributed by atoms with Gasteiger partial charge in [0.25, 0.3) is 0 Å². The minimum Gasteiger partial charge on any atom is -0.392 e. The molecule has 1 saturated heterocycles. The molecule has 4 aliphatic carbocycles. The second-order valence-corrected chi connectivity index (χ2v) is 10.9. The molecule has 5 fully saturated rings. The lowest BCUT2D eigenvalue weighted by Gasteiger charge is -2.55. The molecule has 5 atom stereocenters. The molecule has 7 nitrogen and oxygen atoms in total. The summed E-state index contributed by atoms with van der Waals surface area (Å²) in [4.78, 5) is 25.6. The molecule has 1 heterocycles. The van der Waals surface area contributed by atoms with Gasteiger partial charge in [0.1, 0.15) is 12.8 Å². The Morgan fingerprint density at radius 2 is 1.94 bits per heavy atom. The number of carbonyl (C=O) groups excluding carboxylic acids is 2. The molecular weight excluding hydrogens is 437 g/mol. The van der Waals surface area contributed by atoms with Crippen molar-refractivity contribution in [2.75, 3.05) is 19.7 Å². The summed E-state index contributed by atoms with van der Waals surface area (Å²) in [6.07, 6.45) is 5.48. The largest absolute Gasteiger partial charge is 0.392 e. The molecule has 5 unspecified atom stereocenters. The van der Waals surface area contributed by atoms with Crippen LogP contribution in [-0.4, -0.2) is 72.0 Å². The van der Waals surface area contributed by atoms with E-state index in [9.17, 15) is 19.1 Å². The number of alkyl halides is 2. The maximum Gasteiger partial charge on any atom is 0.246 e. The van der Waals surface area contributed by atoms with E-state index in [0.29, 0.717) is 57.5 Å². The Morgan fingerprint density at radius 1 is 1.16 bits per heavy atom. The van der Waals surface area contributed by atoms with Crippen LogP contribution in [0.3, 0.4) is 0 Å². The third-order valence-electron chi connectivity index (χ3n) is 8.19. The Kier molecular flexibility index (Phi) is 7.64. The molecule has 0 radical (unpaired) electrons. The Bertz CT molecular complexity index is 682. The van der Waals surface area contributed by atoms with Crippen LogP contribution in [0.1, 0.15) is 70.6 Å². The number of aliphatic hydroxyl groups excluding tert-OH is 1. The number of piperidine rings is 1. The van der Waals surface area contributed by atoms with Gasteiger partial charge in [-0.3, -0.25) is 9.59 Å². The van der Waals surface area contributed by atoms with Crippen molar-refractivity contribution in [3.63, 3.8) is 0 Å². The van der Waals surface area contributed by atoms with E-state index in [1.54, 1.807) is 0 Å². The molecule has 0 aromatic heterocycles. The van der Waals surface area contributed by atoms with E-state index < -0.39 is 28.6 Å². The number of aliphatic hydroxyl groups is 1. The number of hydrogen-bond donors (Lipinski definition) is 4. The minimum absolute atomic E-state index is 0.0593. The highest BCUT2D eigenvalue weighted by Crippen LogP contribution is 2.52. The second kappa shape index (κ2) is 10.1. The van der Waals surface area contributed by atoms with Gasteiger partial charge in [0, 0.05) is 24.5 Å². The van der Waals surface area contributed by atoms with Crippen LogP contribution in [0.5, 0.6) is 0 Å². The van der Waals surface area contributed by atoms with Crippen molar-refractivity contribution in [3.8, 4) is 0 Å². The van der Waals surface area contributed by atoms with Crippen LogP contribution in [0.25, 0.3) is 0 Å². The molecule has 0 spiro atoms. The van der Waals surface area contributed by atoms with Gasteiger partial charge < -0.3 is 25.8 Å². The van der Waals surface area contributed by atoms with Gasteiger partial charge in [-0.15, -0.1) is 11.6 Å². The van der Waals surface area contributed by atoms with Crippen LogP contribution in [0.2, 0.25) is 0 Å². The van der Waals surface area contributed by atoms with Crippen molar-refractivity contribution >= 4 is 23.4 Å². The highest BCUT2D eigenvalue weighted by molar-refractivity contribution is 6.21. The Hall–Kier alpha value is -0.960. The molecule has 32 heavy (non-hydrogen) atoms. The number of fused-ring (bicyclic) bond motifs is 3. The van der Waals surface area contributed by atoms with E-state index in [-0.39, 0.29) is 30.9 Å². The van der Waals surface area contributed by atoms with Gasteiger partial charge in [-0.2, -0.15) is 0 Å². The van der Waals surface area contributed by atoms with Gasteiger partial charge in [0.15, 0.2) is 0 Å². The first kappa shape index (κ1) is 24.2. The van der Waals surface area contributed by atoms with Gasteiger partial charge in [0.05, 0.1) is 23.0 Å². The first-order valence-electron chi connectivity index (χ1n) is 12.2. The highest BCUT2D eigenvalue weighted by Gasteiger charge is 2.58. The number of carbonyl (C=O) groups is 2. The zero-order valence-corrected chi connectivity index (χ0v) is 19.5.